The Labute approximate surface area is 116 Å². The smallest absolute Gasteiger partial charge is 0.181 e. The summed E-state index contributed by atoms with van der Waals surface area (Å²) in [6.45, 7) is 0. The monoisotopic (exact) mass is 269 g/mol. The van der Waals surface area contributed by atoms with Gasteiger partial charge in [0.1, 0.15) is 0 Å². The summed E-state index contributed by atoms with van der Waals surface area (Å²) in [6, 6.07) is 10.4. The first-order chi connectivity index (χ1) is 9.42. The molecule has 0 N–H and O–H groups in total. The number of nitrogens with zero attached hydrogens (tertiary/aromatic N) is 2. The minimum absolute atomic E-state index is 0.447. The van der Waals surface area contributed by atoms with Gasteiger partial charge in [-0.3, -0.25) is 0 Å². The van der Waals surface area contributed by atoms with Gasteiger partial charge in [0.2, 0.25) is 0 Å². The Morgan fingerprint density at radius 2 is 2.11 bits per heavy atom. The molecule has 0 spiro atoms. The molecular formula is C15H13N2OS. The average Bonchev–Trinajstić information content (AvgIpc) is 3.00. The third-order valence-electron chi connectivity index (χ3n) is 3.43. The van der Waals surface area contributed by atoms with Gasteiger partial charge in [-0.2, -0.15) is 0 Å². The van der Waals surface area contributed by atoms with Crippen LogP contribution in [-0.4, -0.2) is 10.4 Å². The quantitative estimate of drug-likeness (QED) is 0.848. The number of oxazole rings is 1. The molecular weight excluding hydrogens is 256 g/mol. The molecule has 3 nitrogen and oxygen atoms in total. The molecule has 2 aromatic rings. The number of rotatable bonds is 3. The van der Waals surface area contributed by atoms with Gasteiger partial charge in [-0.25, -0.2) is 4.98 Å². The van der Waals surface area contributed by atoms with Crippen LogP contribution in [0.1, 0.15) is 18.6 Å². The van der Waals surface area contributed by atoms with Crippen molar-refractivity contribution in [3.8, 4) is 0 Å². The average molecular weight is 269 g/mol. The Balaban J connectivity index is 1.69. The first-order valence-corrected chi connectivity index (χ1v) is 7.33. The Hall–Kier alpha value is -1.68. The van der Waals surface area contributed by atoms with E-state index in [1.165, 1.54) is 24.9 Å². The van der Waals surface area contributed by atoms with Crippen LogP contribution in [0.3, 0.4) is 0 Å². The highest BCUT2D eigenvalue weighted by atomic mass is 32.2. The Bertz CT molecular complexity index is 590. The number of hydrogen-bond acceptors (Lipinski definition) is 4. The second-order valence-electron chi connectivity index (χ2n) is 4.86. The molecule has 1 aliphatic carbocycles. The summed E-state index contributed by atoms with van der Waals surface area (Å²) in [6.07, 6.45) is 9.32. The summed E-state index contributed by atoms with van der Waals surface area (Å²) in [7, 11) is 0. The van der Waals surface area contributed by atoms with Crippen LogP contribution >= 0.6 is 11.8 Å². The molecule has 19 heavy (non-hydrogen) atoms. The van der Waals surface area contributed by atoms with Crippen LogP contribution in [0.15, 0.2) is 47.3 Å². The van der Waals surface area contributed by atoms with E-state index in [2.05, 4.69) is 40.3 Å². The van der Waals surface area contributed by atoms with Gasteiger partial charge in [0.25, 0.3) is 0 Å². The summed E-state index contributed by atoms with van der Waals surface area (Å²) in [5.74, 6) is 1.58. The second kappa shape index (κ2) is 4.46. The van der Waals surface area contributed by atoms with Gasteiger partial charge >= 0.3 is 0 Å². The molecule has 0 amide bonds. The van der Waals surface area contributed by atoms with Crippen LogP contribution in [0.4, 0.5) is 5.69 Å². The molecule has 1 unspecified atom stereocenters. The van der Waals surface area contributed by atoms with E-state index in [4.69, 9.17) is 4.42 Å². The maximum atomic E-state index is 5.39. The van der Waals surface area contributed by atoms with Crippen LogP contribution in [0.2, 0.25) is 0 Å². The number of aromatic nitrogens is 1. The number of thioether (sulfide) groups is 1. The van der Waals surface area contributed by atoms with Crippen LogP contribution in [0.5, 0.6) is 0 Å². The summed E-state index contributed by atoms with van der Waals surface area (Å²) in [5, 5.41) is 0.447. The van der Waals surface area contributed by atoms with Crippen LogP contribution < -0.4 is 4.90 Å². The zero-order valence-corrected chi connectivity index (χ0v) is 11.1. The largest absolute Gasteiger partial charge is 0.443 e. The van der Waals surface area contributed by atoms with Gasteiger partial charge in [0.05, 0.1) is 22.7 Å². The van der Waals surface area contributed by atoms with Crippen LogP contribution in [0.25, 0.3) is 4.91 Å². The van der Waals surface area contributed by atoms with E-state index >= 15 is 0 Å². The minimum atomic E-state index is 0.447. The number of anilines is 1. The number of benzene rings is 1. The van der Waals surface area contributed by atoms with E-state index in [1.807, 2.05) is 17.8 Å². The van der Waals surface area contributed by atoms with Crippen molar-refractivity contribution >= 4 is 22.4 Å². The third-order valence-corrected chi connectivity index (χ3v) is 4.80. The molecule has 0 bridgehead atoms. The van der Waals surface area contributed by atoms with Crippen molar-refractivity contribution in [2.45, 2.75) is 18.2 Å². The number of para-hydroxylation sites is 1. The fourth-order valence-electron chi connectivity index (χ4n) is 2.30. The molecule has 4 heteroatoms. The Morgan fingerprint density at radius 3 is 2.79 bits per heavy atom. The Morgan fingerprint density at radius 1 is 1.26 bits per heavy atom. The zero-order valence-electron chi connectivity index (χ0n) is 10.3. The number of hydrogen-bond donors (Lipinski definition) is 0. The maximum Gasteiger partial charge on any atom is 0.181 e. The predicted molar refractivity (Wildman–Crippen MR) is 76.2 cm³/mol. The summed E-state index contributed by atoms with van der Waals surface area (Å²) >= 11 is 1.84. The van der Waals surface area contributed by atoms with Crippen LogP contribution in [-0.2, 0) is 0 Å². The fourth-order valence-corrected chi connectivity index (χ4v) is 3.66. The third kappa shape index (κ3) is 2.06. The lowest BCUT2D eigenvalue weighted by Gasteiger charge is -2.23. The van der Waals surface area contributed by atoms with Crippen molar-refractivity contribution in [2.24, 2.45) is 5.92 Å². The summed E-state index contributed by atoms with van der Waals surface area (Å²) in [4.78, 5) is 7.29. The van der Waals surface area contributed by atoms with E-state index in [1.54, 1.807) is 6.20 Å². The standard InChI is InChI=1S/C15H13N2OS/c1-2-4-12(5-3-1)17-9-14(13-8-16-10-18-13)19-15(17)11-6-7-11/h1-5,8,10-11,15H,6-7H2. The van der Waals surface area contributed by atoms with Crippen molar-refractivity contribution in [1.82, 2.24) is 4.98 Å². The topological polar surface area (TPSA) is 29.3 Å². The second-order valence-corrected chi connectivity index (χ2v) is 5.98. The Kier molecular flexibility index (Phi) is 2.62. The molecule has 1 saturated carbocycles. The molecule has 2 aliphatic rings. The molecule has 95 valence electrons. The normalized spacial score (nSPS) is 22.6. The van der Waals surface area contributed by atoms with Crippen molar-refractivity contribution in [3.63, 3.8) is 0 Å². The van der Waals surface area contributed by atoms with E-state index in [0.717, 1.165) is 16.6 Å². The lowest BCUT2D eigenvalue weighted by atomic mass is 10.2. The van der Waals surface area contributed by atoms with E-state index in [0.29, 0.717) is 5.37 Å². The predicted octanol–water partition coefficient (Wildman–Crippen LogP) is 3.77. The highest BCUT2D eigenvalue weighted by Gasteiger charge is 2.40. The van der Waals surface area contributed by atoms with E-state index in [-0.39, 0.29) is 0 Å². The molecule has 1 aromatic carbocycles. The molecule has 1 aromatic heterocycles. The van der Waals surface area contributed by atoms with Gasteiger partial charge in [-0.15, -0.1) is 0 Å². The van der Waals surface area contributed by atoms with Crippen molar-refractivity contribution < 1.29 is 4.42 Å². The zero-order chi connectivity index (χ0) is 12.7. The summed E-state index contributed by atoms with van der Waals surface area (Å²) in [5.41, 5.74) is 1.20. The van der Waals surface area contributed by atoms with Gasteiger partial charge in [-0.05, 0) is 30.9 Å². The lowest BCUT2D eigenvalue weighted by molar-refractivity contribution is 0.547. The molecule has 2 heterocycles. The van der Waals surface area contributed by atoms with Gasteiger partial charge in [0.15, 0.2) is 12.2 Å². The van der Waals surface area contributed by atoms with Gasteiger partial charge in [0, 0.05) is 5.69 Å². The minimum Gasteiger partial charge on any atom is -0.443 e. The first-order valence-electron chi connectivity index (χ1n) is 6.45. The molecule has 0 saturated heterocycles. The van der Waals surface area contributed by atoms with E-state index in [9.17, 15) is 0 Å². The first kappa shape index (κ1) is 11.2. The molecule has 4 rings (SSSR count). The SMILES string of the molecule is [C]1=C(c2cnco2)SC(C2CC2)N1c1ccccc1. The lowest BCUT2D eigenvalue weighted by Crippen LogP contribution is -2.26. The van der Waals surface area contributed by atoms with E-state index < -0.39 is 0 Å². The van der Waals surface area contributed by atoms with Gasteiger partial charge < -0.3 is 9.32 Å². The highest BCUT2D eigenvalue weighted by molar-refractivity contribution is 8.09. The molecule has 1 radical (unpaired) electrons. The molecule has 1 aliphatic heterocycles. The summed E-state index contributed by atoms with van der Waals surface area (Å²) < 4.78 is 5.39. The van der Waals surface area contributed by atoms with Crippen molar-refractivity contribution in [2.75, 3.05) is 4.90 Å². The van der Waals surface area contributed by atoms with Crippen LogP contribution in [0, 0.1) is 12.1 Å². The molecule has 1 fully saturated rings. The fraction of sp³-hybridized carbons (Fsp3) is 0.267. The van der Waals surface area contributed by atoms with Crippen molar-refractivity contribution in [1.29, 1.82) is 0 Å². The van der Waals surface area contributed by atoms with Crippen molar-refractivity contribution in [3.05, 3.63) is 54.9 Å². The van der Waals surface area contributed by atoms with Gasteiger partial charge in [-0.1, -0.05) is 30.0 Å². The highest BCUT2D eigenvalue weighted by Crippen LogP contribution is 2.50. The molecule has 1 atom stereocenters. The maximum absolute atomic E-state index is 5.39.